The summed E-state index contributed by atoms with van der Waals surface area (Å²) in [5.74, 6) is -4.29. The third-order valence-corrected chi connectivity index (χ3v) is 3.87. The van der Waals surface area contributed by atoms with E-state index in [0.717, 1.165) is 0 Å². The summed E-state index contributed by atoms with van der Waals surface area (Å²) in [7, 11) is 0. The van der Waals surface area contributed by atoms with Gasteiger partial charge in [0.05, 0.1) is 44.8 Å². The molecule has 0 aliphatic carbocycles. The van der Waals surface area contributed by atoms with Crippen molar-refractivity contribution in [1.29, 1.82) is 0 Å². The van der Waals surface area contributed by atoms with Crippen LogP contribution in [0.25, 0.3) is 0 Å². The van der Waals surface area contributed by atoms with Crippen molar-refractivity contribution >= 4 is 23.8 Å². The number of rotatable bonds is 17. The predicted octanol–water partition coefficient (Wildman–Crippen LogP) is -5.21. The highest BCUT2D eigenvalue weighted by atomic mass is 16.4. The van der Waals surface area contributed by atoms with E-state index in [-0.39, 0.29) is 32.7 Å². The second-order valence-electron chi connectivity index (χ2n) is 6.52. The summed E-state index contributed by atoms with van der Waals surface area (Å²) in [4.78, 5) is 46.7. The molecule has 30 heavy (non-hydrogen) atoms. The number of carbonyl (C=O) groups excluding carboxylic acids is 2. The third kappa shape index (κ3) is 11.6. The Morgan fingerprint density at radius 3 is 1.63 bits per heavy atom. The van der Waals surface area contributed by atoms with Gasteiger partial charge >= 0.3 is 11.9 Å². The quantitative estimate of drug-likeness (QED) is 0.0959. The maximum Gasteiger partial charge on any atom is 0.324 e. The molecule has 174 valence electrons. The van der Waals surface area contributed by atoms with Gasteiger partial charge in [-0.15, -0.1) is 0 Å². The van der Waals surface area contributed by atoms with Gasteiger partial charge in [-0.25, -0.2) is 0 Å². The molecule has 0 saturated carbocycles. The first-order valence-electron chi connectivity index (χ1n) is 9.08. The highest BCUT2D eigenvalue weighted by Gasteiger charge is 2.42. The summed E-state index contributed by atoms with van der Waals surface area (Å²) < 4.78 is 0. The van der Waals surface area contributed by atoms with Gasteiger partial charge in [0.2, 0.25) is 11.8 Å². The van der Waals surface area contributed by atoms with Crippen LogP contribution in [0.1, 0.15) is 12.8 Å². The fourth-order valence-corrected chi connectivity index (χ4v) is 2.27. The van der Waals surface area contributed by atoms with E-state index in [2.05, 4.69) is 21.3 Å². The molecule has 0 bridgehead atoms. The van der Waals surface area contributed by atoms with E-state index >= 15 is 0 Å². The lowest BCUT2D eigenvalue weighted by Gasteiger charge is -2.30. The number of carboxylic acid groups (broad SMARTS) is 2. The molecule has 14 heteroatoms. The number of aliphatic carboxylic acids is 2. The number of carbonyl (C=O) groups is 4. The number of carboxylic acids is 2. The molecular weight excluding hydrogens is 408 g/mol. The number of aliphatic hydroxyl groups is 4. The Morgan fingerprint density at radius 2 is 1.27 bits per heavy atom. The minimum absolute atomic E-state index is 0.0248. The molecule has 0 aromatic carbocycles. The second kappa shape index (κ2) is 14.6. The van der Waals surface area contributed by atoms with E-state index in [4.69, 9.17) is 15.3 Å². The smallest absolute Gasteiger partial charge is 0.324 e. The largest absolute Gasteiger partial charge is 0.480 e. The molecule has 14 nitrogen and oxygen atoms in total. The van der Waals surface area contributed by atoms with Crippen LogP contribution in [0, 0.1) is 0 Å². The van der Waals surface area contributed by atoms with Crippen molar-refractivity contribution in [2.24, 2.45) is 0 Å². The molecule has 2 amide bonds. The minimum atomic E-state index is -2.08. The Balaban J connectivity index is 5.18. The van der Waals surface area contributed by atoms with Crippen LogP contribution in [-0.2, 0) is 19.2 Å². The van der Waals surface area contributed by atoms with E-state index in [1.165, 1.54) is 0 Å². The first-order valence-corrected chi connectivity index (χ1v) is 9.08. The zero-order valence-corrected chi connectivity index (χ0v) is 16.3. The fourth-order valence-electron chi connectivity index (χ4n) is 2.27. The second-order valence-corrected chi connectivity index (χ2v) is 6.52. The Hall–Kier alpha value is -2.36. The summed E-state index contributed by atoms with van der Waals surface area (Å²) in [5, 5.41) is 64.0. The van der Waals surface area contributed by atoms with E-state index < -0.39 is 67.6 Å². The van der Waals surface area contributed by atoms with Crippen molar-refractivity contribution in [1.82, 2.24) is 21.3 Å². The molecule has 2 atom stereocenters. The van der Waals surface area contributed by atoms with Gasteiger partial charge in [-0.05, 0) is 0 Å². The van der Waals surface area contributed by atoms with Crippen molar-refractivity contribution in [2.45, 2.75) is 30.6 Å². The number of amides is 2. The molecule has 0 spiro atoms. The van der Waals surface area contributed by atoms with Gasteiger partial charge in [0.25, 0.3) is 0 Å². The molecule has 0 aliphatic rings. The van der Waals surface area contributed by atoms with Gasteiger partial charge in [-0.2, -0.15) is 0 Å². The molecular formula is C16H30N4O10. The SMILES string of the molecule is O=C(O)CNCCNC(CC(=O)NCC(O)CO)(CC(=O)NCC(O)CO)C(=O)O. The van der Waals surface area contributed by atoms with Gasteiger partial charge in [0.15, 0.2) is 0 Å². The molecule has 0 rings (SSSR count). The van der Waals surface area contributed by atoms with Crippen molar-refractivity contribution in [3.8, 4) is 0 Å². The first-order chi connectivity index (χ1) is 14.1. The maximum absolute atomic E-state index is 12.2. The average molecular weight is 438 g/mol. The van der Waals surface area contributed by atoms with Crippen molar-refractivity contribution < 1.29 is 49.8 Å². The summed E-state index contributed by atoms with van der Waals surface area (Å²) in [5.41, 5.74) is -2.08. The van der Waals surface area contributed by atoms with E-state index in [9.17, 15) is 34.5 Å². The normalized spacial score (nSPS) is 14.9. The summed E-state index contributed by atoms with van der Waals surface area (Å²) in [6.07, 6.45) is -3.92. The van der Waals surface area contributed by atoms with Crippen LogP contribution in [0.4, 0.5) is 0 Å². The Kier molecular flexibility index (Phi) is 13.4. The standard InChI is InChI=1S/C16H30N4O10/c21-8-10(23)5-18-12(25)3-16(15(29)30,20-2-1-17-7-14(27)28)4-13(26)19-6-11(24)9-22/h10-11,17,20-24H,1-9H2,(H,18,25)(H,19,26)(H,27,28)(H,29,30). The van der Waals surface area contributed by atoms with Crippen LogP contribution in [-0.4, -0.2) is 118 Å². The van der Waals surface area contributed by atoms with Crippen LogP contribution in [0.3, 0.4) is 0 Å². The molecule has 0 aromatic rings. The minimum Gasteiger partial charge on any atom is -0.480 e. The van der Waals surface area contributed by atoms with Gasteiger partial charge in [0, 0.05) is 26.2 Å². The molecule has 0 saturated heterocycles. The lowest BCUT2D eigenvalue weighted by atomic mass is 9.89. The van der Waals surface area contributed by atoms with Gasteiger partial charge < -0.3 is 46.6 Å². The zero-order chi connectivity index (χ0) is 23.2. The topological polar surface area (TPSA) is 238 Å². The van der Waals surface area contributed by atoms with Gasteiger partial charge in [0.1, 0.15) is 5.54 Å². The highest BCUT2D eigenvalue weighted by Crippen LogP contribution is 2.17. The van der Waals surface area contributed by atoms with Crippen LogP contribution in [0.15, 0.2) is 0 Å². The Morgan fingerprint density at radius 1 is 0.800 bits per heavy atom. The fraction of sp³-hybridized carbons (Fsp3) is 0.750. The van der Waals surface area contributed by atoms with Crippen molar-refractivity contribution in [3.05, 3.63) is 0 Å². The number of nitrogens with one attached hydrogen (secondary N) is 4. The molecule has 0 heterocycles. The van der Waals surface area contributed by atoms with Crippen LogP contribution in [0.5, 0.6) is 0 Å². The predicted molar refractivity (Wildman–Crippen MR) is 100 cm³/mol. The van der Waals surface area contributed by atoms with E-state index in [1.807, 2.05) is 0 Å². The lowest BCUT2D eigenvalue weighted by Crippen LogP contribution is -2.58. The summed E-state index contributed by atoms with van der Waals surface area (Å²) in [6.45, 7) is -2.35. The van der Waals surface area contributed by atoms with Crippen LogP contribution in [0.2, 0.25) is 0 Å². The van der Waals surface area contributed by atoms with Crippen LogP contribution < -0.4 is 21.3 Å². The Labute approximate surface area is 172 Å². The number of aliphatic hydroxyl groups excluding tert-OH is 4. The van der Waals surface area contributed by atoms with Crippen molar-refractivity contribution in [3.63, 3.8) is 0 Å². The third-order valence-electron chi connectivity index (χ3n) is 3.87. The molecule has 0 fully saturated rings. The molecule has 0 aliphatic heterocycles. The first kappa shape index (κ1) is 27.6. The molecule has 0 aromatic heterocycles. The average Bonchev–Trinajstić information content (AvgIpc) is 2.69. The lowest BCUT2D eigenvalue weighted by molar-refractivity contribution is -0.150. The number of hydrogen-bond donors (Lipinski definition) is 10. The van der Waals surface area contributed by atoms with Crippen molar-refractivity contribution in [2.75, 3.05) is 45.9 Å². The van der Waals surface area contributed by atoms with Gasteiger partial charge in [-0.1, -0.05) is 0 Å². The van der Waals surface area contributed by atoms with E-state index in [0.29, 0.717) is 0 Å². The maximum atomic E-state index is 12.2. The monoisotopic (exact) mass is 438 g/mol. The summed E-state index contributed by atoms with van der Waals surface area (Å²) >= 11 is 0. The zero-order valence-electron chi connectivity index (χ0n) is 16.3. The molecule has 2 unspecified atom stereocenters. The number of hydrogen-bond acceptors (Lipinski definition) is 10. The highest BCUT2D eigenvalue weighted by molar-refractivity contribution is 5.93. The van der Waals surface area contributed by atoms with E-state index in [1.54, 1.807) is 0 Å². The van der Waals surface area contributed by atoms with Crippen LogP contribution >= 0.6 is 0 Å². The summed E-state index contributed by atoms with van der Waals surface area (Å²) in [6, 6.07) is 0. The molecule has 10 N–H and O–H groups in total. The molecule has 0 radical (unpaired) electrons. The van der Waals surface area contributed by atoms with Gasteiger partial charge in [-0.3, -0.25) is 24.5 Å². The Bertz CT molecular complexity index is 546.